The van der Waals surface area contributed by atoms with Gasteiger partial charge in [-0.2, -0.15) is 5.10 Å². The fraction of sp³-hybridized carbons (Fsp3) is 0.474. The van der Waals surface area contributed by atoms with Gasteiger partial charge in [-0.25, -0.2) is 0 Å². The lowest BCUT2D eigenvalue weighted by molar-refractivity contribution is -0.122. The second-order valence-electron chi connectivity index (χ2n) is 5.94. The first-order valence-corrected chi connectivity index (χ1v) is 9.47. The summed E-state index contributed by atoms with van der Waals surface area (Å²) >= 11 is 12.1. The van der Waals surface area contributed by atoms with E-state index in [-0.39, 0.29) is 12.4 Å². The molecule has 0 bridgehead atoms. The minimum Gasteiger partial charge on any atom is -0.453 e. The first-order valence-electron chi connectivity index (χ1n) is 8.71. The molecule has 26 heavy (non-hydrogen) atoms. The molecule has 0 atom stereocenters. The molecule has 0 radical (unpaired) electrons. The Morgan fingerprint density at radius 1 is 1.15 bits per heavy atom. The molecule has 0 unspecified atom stereocenters. The molecule has 0 aliphatic rings. The standard InChI is InChI=1S/C19H24Cl2N2O3/c1-4-17-19(26-16-10-13(20)9-14(21)11-16)18(5-2)23(22-17)8-6-7-15(24)12-25-3/h9-11H,4-8,12H2,1-3H3. The number of benzene rings is 1. The van der Waals surface area contributed by atoms with Gasteiger partial charge in [0.2, 0.25) is 0 Å². The number of ether oxygens (including phenoxy) is 2. The maximum atomic E-state index is 11.6. The van der Waals surface area contributed by atoms with Crippen molar-refractivity contribution in [3.05, 3.63) is 39.6 Å². The number of aryl methyl sites for hydroxylation is 2. The van der Waals surface area contributed by atoms with Gasteiger partial charge in [0.25, 0.3) is 0 Å². The van der Waals surface area contributed by atoms with E-state index in [1.54, 1.807) is 18.2 Å². The van der Waals surface area contributed by atoms with Crippen LogP contribution < -0.4 is 4.74 Å². The Morgan fingerprint density at radius 3 is 2.42 bits per heavy atom. The number of methoxy groups -OCH3 is 1. The van der Waals surface area contributed by atoms with Crippen LogP contribution in [0.2, 0.25) is 10.0 Å². The summed E-state index contributed by atoms with van der Waals surface area (Å²) in [4.78, 5) is 11.6. The molecule has 142 valence electrons. The Bertz CT molecular complexity index is 739. The number of hydrogen-bond acceptors (Lipinski definition) is 4. The zero-order valence-corrected chi connectivity index (χ0v) is 16.9. The minimum absolute atomic E-state index is 0.0958. The van der Waals surface area contributed by atoms with Gasteiger partial charge in [-0.3, -0.25) is 9.48 Å². The molecule has 0 aliphatic carbocycles. The van der Waals surface area contributed by atoms with Gasteiger partial charge in [0.15, 0.2) is 11.5 Å². The summed E-state index contributed by atoms with van der Waals surface area (Å²) in [5.74, 6) is 1.43. The van der Waals surface area contributed by atoms with Crippen molar-refractivity contribution in [2.24, 2.45) is 0 Å². The fourth-order valence-corrected chi connectivity index (χ4v) is 3.28. The summed E-state index contributed by atoms with van der Waals surface area (Å²) in [5.41, 5.74) is 1.87. The predicted molar refractivity (Wildman–Crippen MR) is 104 cm³/mol. The van der Waals surface area contributed by atoms with Gasteiger partial charge in [-0.05, 0) is 37.5 Å². The molecule has 2 aromatic rings. The molecular weight excluding hydrogens is 375 g/mol. The predicted octanol–water partition coefficient (Wildman–Crippen LogP) is 5.10. The van der Waals surface area contributed by atoms with E-state index in [2.05, 4.69) is 12.0 Å². The van der Waals surface area contributed by atoms with Gasteiger partial charge >= 0.3 is 0 Å². The van der Waals surface area contributed by atoms with Crippen LogP contribution in [0.25, 0.3) is 0 Å². The van der Waals surface area contributed by atoms with Crippen LogP contribution in [-0.2, 0) is 28.9 Å². The number of ketones is 1. The quantitative estimate of drug-likeness (QED) is 0.558. The number of rotatable bonds is 10. The topological polar surface area (TPSA) is 53.4 Å². The Balaban J connectivity index is 2.20. The Hall–Kier alpha value is -1.56. The smallest absolute Gasteiger partial charge is 0.171 e. The SMILES string of the molecule is CCc1nn(CCCC(=O)COC)c(CC)c1Oc1cc(Cl)cc(Cl)c1. The molecule has 2 rings (SSSR count). The van der Waals surface area contributed by atoms with Crippen LogP contribution in [-0.4, -0.2) is 29.3 Å². The lowest BCUT2D eigenvalue weighted by Gasteiger charge is -2.10. The van der Waals surface area contributed by atoms with Crippen molar-refractivity contribution in [2.45, 2.75) is 46.1 Å². The lowest BCUT2D eigenvalue weighted by Crippen LogP contribution is -2.10. The van der Waals surface area contributed by atoms with Crippen molar-refractivity contribution in [2.75, 3.05) is 13.7 Å². The van der Waals surface area contributed by atoms with E-state index in [1.807, 2.05) is 11.6 Å². The largest absolute Gasteiger partial charge is 0.453 e. The van der Waals surface area contributed by atoms with E-state index in [0.717, 1.165) is 30.0 Å². The van der Waals surface area contributed by atoms with Gasteiger partial charge in [0.05, 0.1) is 5.69 Å². The first-order chi connectivity index (χ1) is 12.5. The molecule has 0 aliphatic heterocycles. The zero-order chi connectivity index (χ0) is 19.1. The van der Waals surface area contributed by atoms with Gasteiger partial charge in [0, 0.05) is 30.1 Å². The molecule has 1 aromatic heterocycles. The summed E-state index contributed by atoms with van der Waals surface area (Å²) in [7, 11) is 1.53. The van der Waals surface area contributed by atoms with Crippen LogP contribution in [0.1, 0.15) is 38.1 Å². The van der Waals surface area contributed by atoms with Crippen molar-refractivity contribution in [3.8, 4) is 11.5 Å². The van der Waals surface area contributed by atoms with Crippen molar-refractivity contribution in [1.29, 1.82) is 0 Å². The number of carbonyl (C=O) groups excluding carboxylic acids is 1. The highest BCUT2D eigenvalue weighted by molar-refractivity contribution is 6.34. The Kier molecular flexibility index (Phi) is 7.94. The summed E-state index contributed by atoms with van der Waals surface area (Å²) in [6.07, 6.45) is 2.69. The van der Waals surface area contributed by atoms with Gasteiger partial charge in [0.1, 0.15) is 18.1 Å². The van der Waals surface area contributed by atoms with E-state index in [9.17, 15) is 4.79 Å². The summed E-state index contributed by atoms with van der Waals surface area (Å²) in [6, 6.07) is 5.12. The minimum atomic E-state index is 0.0958. The molecule has 5 nitrogen and oxygen atoms in total. The summed E-state index contributed by atoms with van der Waals surface area (Å²) in [6.45, 7) is 4.90. The third-order valence-corrected chi connectivity index (χ3v) is 4.37. The van der Waals surface area contributed by atoms with Gasteiger partial charge in [-0.1, -0.05) is 37.0 Å². The Morgan fingerprint density at radius 2 is 1.85 bits per heavy atom. The zero-order valence-electron chi connectivity index (χ0n) is 15.3. The molecule has 0 N–H and O–H groups in total. The van der Waals surface area contributed by atoms with Crippen molar-refractivity contribution < 1.29 is 14.3 Å². The third kappa shape index (κ3) is 5.47. The first kappa shape index (κ1) is 20.7. The molecule has 1 aromatic carbocycles. The van der Waals surface area contributed by atoms with Crippen molar-refractivity contribution >= 4 is 29.0 Å². The molecule has 0 saturated carbocycles. The van der Waals surface area contributed by atoms with Gasteiger partial charge in [-0.15, -0.1) is 0 Å². The average Bonchev–Trinajstić information content (AvgIpc) is 2.90. The molecular formula is C19H24Cl2N2O3. The van der Waals surface area contributed by atoms with Crippen LogP contribution in [0.15, 0.2) is 18.2 Å². The average molecular weight is 399 g/mol. The van der Waals surface area contributed by atoms with Crippen LogP contribution >= 0.6 is 23.2 Å². The van der Waals surface area contributed by atoms with Crippen molar-refractivity contribution in [1.82, 2.24) is 9.78 Å². The van der Waals surface area contributed by atoms with Crippen LogP contribution in [0, 0.1) is 0 Å². The monoisotopic (exact) mass is 398 g/mol. The Labute approximate surface area is 164 Å². The maximum absolute atomic E-state index is 11.6. The number of halogens is 2. The summed E-state index contributed by atoms with van der Waals surface area (Å²) < 4.78 is 12.9. The number of hydrogen-bond donors (Lipinski definition) is 0. The lowest BCUT2D eigenvalue weighted by atomic mass is 10.2. The highest BCUT2D eigenvalue weighted by Gasteiger charge is 2.18. The molecule has 0 fully saturated rings. The van der Waals surface area contributed by atoms with Gasteiger partial charge < -0.3 is 9.47 Å². The molecule has 0 amide bonds. The normalized spacial score (nSPS) is 11.0. The van der Waals surface area contributed by atoms with E-state index >= 15 is 0 Å². The molecule has 0 spiro atoms. The molecule has 1 heterocycles. The third-order valence-electron chi connectivity index (χ3n) is 3.93. The number of aromatic nitrogens is 2. The van der Waals surface area contributed by atoms with Crippen molar-refractivity contribution in [3.63, 3.8) is 0 Å². The fourth-order valence-electron chi connectivity index (χ4n) is 2.78. The molecule has 0 saturated heterocycles. The van der Waals surface area contributed by atoms with E-state index in [1.165, 1.54) is 7.11 Å². The number of nitrogens with zero attached hydrogens (tertiary/aromatic N) is 2. The van der Waals surface area contributed by atoms with E-state index in [4.69, 9.17) is 32.7 Å². The van der Waals surface area contributed by atoms with Crippen LogP contribution in [0.3, 0.4) is 0 Å². The number of carbonyl (C=O) groups is 1. The molecule has 7 heteroatoms. The number of Topliss-reactive ketones (excluding diaryl/α,β-unsaturated/α-hetero) is 1. The van der Waals surface area contributed by atoms with E-state index < -0.39 is 0 Å². The summed E-state index contributed by atoms with van der Waals surface area (Å²) in [5, 5.41) is 5.71. The second-order valence-corrected chi connectivity index (χ2v) is 6.81. The maximum Gasteiger partial charge on any atom is 0.171 e. The highest BCUT2D eigenvalue weighted by atomic mass is 35.5. The van der Waals surface area contributed by atoms with E-state index in [0.29, 0.717) is 35.2 Å². The second kappa shape index (κ2) is 9.95. The van der Waals surface area contributed by atoms with Crippen LogP contribution in [0.5, 0.6) is 11.5 Å². The van der Waals surface area contributed by atoms with Crippen LogP contribution in [0.4, 0.5) is 0 Å². The highest BCUT2D eigenvalue weighted by Crippen LogP contribution is 2.33.